The van der Waals surface area contributed by atoms with E-state index in [9.17, 15) is 24.1 Å². The summed E-state index contributed by atoms with van der Waals surface area (Å²) < 4.78 is 13.4. The Kier molecular flexibility index (Phi) is 5.28. The lowest BCUT2D eigenvalue weighted by molar-refractivity contribution is -0.384. The van der Waals surface area contributed by atoms with Gasteiger partial charge in [-0.1, -0.05) is 23.9 Å². The van der Waals surface area contributed by atoms with Crippen LogP contribution in [0.4, 0.5) is 10.1 Å². The summed E-state index contributed by atoms with van der Waals surface area (Å²) in [5.74, 6) is -1.64. The first-order valence-corrected chi connectivity index (χ1v) is 8.66. The van der Waals surface area contributed by atoms with Gasteiger partial charge in [0.05, 0.1) is 9.83 Å². The van der Waals surface area contributed by atoms with Crippen LogP contribution >= 0.6 is 24.0 Å². The molecule has 1 N–H and O–H groups in total. The topological polar surface area (TPSA) is 92.6 Å². The average Bonchev–Trinajstić information content (AvgIpc) is 2.89. The number of nitro groups is 1. The van der Waals surface area contributed by atoms with Crippen LogP contribution in [0, 0.1) is 15.9 Å². The zero-order valence-electron chi connectivity index (χ0n) is 13.4. The van der Waals surface area contributed by atoms with Gasteiger partial charge in [0.2, 0.25) is 0 Å². The molecule has 27 heavy (non-hydrogen) atoms. The van der Waals surface area contributed by atoms with Gasteiger partial charge in [-0.15, -0.1) is 0 Å². The molecule has 10 heteroatoms. The Bertz CT molecular complexity index is 992. The fourth-order valence-corrected chi connectivity index (χ4v) is 3.39. The Hall–Kier alpha value is -3.11. The average molecular weight is 403 g/mol. The number of halogens is 1. The second-order valence-electron chi connectivity index (χ2n) is 5.32. The summed E-state index contributed by atoms with van der Waals surface area (Å²) in [6.07, 6.45) is 1.47. The van der Waals surface area contributed by atoms with Crippen molar-refractivity contribution in [1.82, 2.24) is 10.4 Å². The predicted molar refractivity (Wildman–Crippen MR) is 102 cm³/mol. The number of nitro benzene ring substituents is 1. The van der Waals surface area contributed by atoms with Crippen molar-refractivity contribution >= 4 is 51.9 Å². The van der Waals surface area contributed by atoms with Gasteiger partial charge in [-0.3, -0.25) is 25.1 Å². The third kappa shape index (κ3) is 4.18. The van der Waals surface area contributed by atoms with E-state index in [1.54, 1.807) is 6.07 Å². The Labute approximate surface area is 162 Å². The van der Waals surface area contributed by atoms with Crippen LogP contribution < -0.4 is 5.43 Å². The molecular formula is C17H10FN3O4S2. The van der Waals surface area contributed by atoms with Gasteiger partial charge in [0.15, 0.2) is 4.32 Å². The van der Waals surface area contributed by atoms with Crippen molar-refractivity contribution in [1.29, 1.82) is 0 Å². The zero-order chi connectivity index (χ0) is 19.6. The Morgan fingerprint density at radius 1 is 1.26 bits per heavy atom. The second-order valence-corrected chi connectivity index (χ2v) is 6.99. The molecule has 1 aliphatic rings. The largest absolute Gasteiger partial charge is 0.285 e. The number of amides is 2. The molecule has 1 saturated heterocycles. The minimum absolute atomic E-state index is 0.109. The maximum absolute atomic E-state index is 13.3. The van der Waals surface area contributed by atoms with Gasteiger partial charge in [0, 0.05) is 17.7 Å². The first-order valence-electron chi connectivity index (χ1n) is 7.44. The molecule has 2 aromatic carbocycles. The molecule has 1 aliphatic heterocycles. The lowest BCUT2D eigenvalue weighted by Gasteiger charge is -2.15. The molecule has 3 rings (SSSR count). The molecule has 136 valence electrons. The maximum atomic E-state index is 13.3. The molecule has 0 radical (unpaired) electrons. The van der Waals surface area contributed by atoms with Crippen molar-refractivity contribution in [3.63, 3.8) is 0 Å². The monoisotopic (exact) mass is 403 g/mol. The number of hydrogen-bond donors (Lipinski definition) is 1. The third-order valence-corrected chi connectivity index (χ3v) is 4.80. The summed E-state index contributed by atoms with van der Waals surface area (Å²) in [6.45, 7) is 0. The molecule has 1 heterocycles. The lowest BCUT2D eigenvalue weighted by Crippen LogP contribution is -2.44. The van der Waals surface area contributed by atoms with Crippen molar-refractivity contribution < 1.29 is 18.9 Å². The molecule has 1 fully saturated rings. The summed E-state index contributed by atoms with van der Waals surface area (Å²) in [4.78, 5) is 35.0. The SMILES string of the molecule is O=C(NN1C(=O)/C(=C\c2cccc(F)c2)SC1=S)c1ccc([N+](=O)[O-])cc1. The highest BCUT2D eigenvalue weighted by Crippen LogP contribution is 2.31. The molecular weight excluding hydrogens is 393 g/mol. The number of nitrogens with one attached hydrogen (secondary N) is 1. The van der Waals surface area contributed by atoms with Crippen LogP contribution in [0.2, 0.25) is 0 Å². The second kappa shape index (κ2) is 7.64. The van der Waals surface area contributed by atoms with Gasteiger partial charge < -0.3 is 0 Å². The van der Waals surface area contributed by atoms with E-state index in [2.05, 4.69) is 5.43 Å². The van der Waals surface area contributed by atoms with Gasteiger partial charge in [-0.25, -0.2) is 4.39 Å². The number of thioether (sulfide) groups is 1. The van der Waals surface area contributed by atoms with Gasteiger partial charge in [0.1, 0.15) is 5.82 Å². The number of non-ortho nitro benzene ring substituents is 1. The number of nitrogens with zero attached hydrogens (tertiary/aromatic N) is 2. The summed E-state index contributed by atoms with van der Waals surface area (Å²) in [5.41, 5.74) is 2.82. The molecule has 0 aliphatic carbocycles. The molecule has 2 aromatic rings. The van der Waals surface area contributed by atoms with Crippen molar-refractivity contribution in [3.05, 3.63) is 80.5 Å². The van der Waals surface area contributed by atoms with Gasteiger partial charge in [0.25, 0.3) is 17.5 Å². The zero-order valence-corrected chi connectivity index (χ0v) is 15.1. The van der Waals surface area contributed by atoms with Crippen LogP contribution in [-0.4, -0.2) is 26.1 Å². The molecule has 0 atom stereocenters. The van der Waals surface area contributed by atoms with Crippen molar-refractivity contribution in [2.45, 2.75) is 0 Å². The van der Waals surface area contributed by atoms with Gasteiger partial charge >= 0.3 is 0 Å². The summed E-state index contributed by atoms with van der Waals surface area (Å²) in [7, 11) is 0. The number of thiocarbonyl (C=S) groups is 1. The normalized spacial score (nSPS) is 15.3. The number of hydrazine groups is 1. The maximum Gasteiger partial charge on any atom is 0.285 e. The smallest absolute Gasteiger partial charge is 0.267 e. The van der Waals surface area contributed by atoms with Crippen LogP contribution in [0.5, 0.6) is 0 Å². The predicted octanol–water partition coefficient (Wildman–Crippen LogP) is 3.28. The molecule has 0 bridgehead atoms. The third-order valence-electron chi connectivity index (χ3n) is 3.49. The van der Waals surface area contributed by atoms with E-state index in [1.165, 1.54) is 48.5 Å². The lowest BCUT2D eigenvalue weighted by atomic mass is 10.2. The number of rotatable bonds is 4. The van der Waals surface area contributed by atoms with Gasteiger partial charge in [-0.05, 0) is 48.1 Å². The molecule has 0 spiro atoms. The Morgan fingerprint density at radius 3 is 2.59 bits per heavy atom. The Balaban J connectivity index is 1.75. The van der Waals surface area contributed by atoms with Crippen LogP contribution in [0.15, 0.2) is 53.4 Å². The molecule has 0 aromatic heterocycles. The summed E-state index contributed by atoms with van der Waals surface area (Å²) in [5, 5.41) is 11.6. The van der Waals surface area contributed by atoms with E-state index in [4.69, 9.17) is 12.2 Å². The first-order chi connectivity index (χ1) is 12.8. The van der Waals surface area contributed by atoms with Crippen LogP contribution in [-0.2, 0) is 4.79 Å². The first kappa shape index (κ1) is 18.7. The van der Waals surface area contributed by atoms with Crippen molar-refractivity contribution in [2.24, 2.45) is 0 Å². The van der Waals surface area contributed by atoms with Crippen molar-refractivity contribution in [3.8, 4) is 0 Å². The van der Waals surface area contributed by atoms with E-state index in [0.29, 0.717) is 5.56 Å². The standard InChI is InChI=1S/C17H10FN3O4S2/c18-12-3-1-2-10(8-12)9-14-16(23)20(17(26)27-14)19-15(22)11-4-6-13(7-5-11)21(24)25/h1-9H,(H,19,22)/b14-9+. The van der Waals surface area contributed by atoms with E-state index < -0.39 is 22.6 Å². The quantitative estimate of drug-likeness (QED) is 0.365. The van der Waals surface area contributed by atoms with E-state index >= 15 is 0 Å². The highest BCUT2D eigenvalue weighted by molar-refractivity contribution is 8.26. The summed E-state index contributed by atoms with van der Waals surface area (Å²) >= 11 is 6.08. The fourth-order valence-electron chi connectivity index (χ4n) is 2.21. The molecule has 7 nitrogen and oxygen atoms in total. The van der Waals surface area contributed by atoms with E-state index in [0.717, 1.165) is 16.8 Å². The molecule has 0 saturated carbocycles. The minimum Gasteiger partial charge on any atom is -0.267 e. The van der Waals surface area contributed by atoms with Crippen LogP contribution in [0.3, 0.4) is 0 Å². The van der Waals surface area contributed by atoms with E-state index in [1.807, 2.05) is 0 Å². The van der Waals surface area contributed by atoms with Crippen molar-refractivity contribution in [2.75, 3.05) is 0 Å². The summed E-state index contributed by atoms with van der Waals surface area (Å²) in [6, 6.07) is 10.6. The number of benzene rings is 2. The number of carbonyl (C=O) groups is 2. The fraction of sp³-hybridized carbons (Fsp3) is 0. The van der Waals surface area contributed by atoms with E-state index in [-0.39, 0.29) is 20.5 Å². The number of hydrogen-bond acceptors (Lipinski definition) is 6. The number of carbonyl (C=O) groups excluding carboxylic acids is 2. The van der Waals surface area contributed by atoms with Crippen LogP contribution in [0.1, 0.15) is 15.9 Å². The highest BCUT2D eigenvalue weighted by atomic mass is 32.2. The molecule has 0 unspecified atom stereocenters. The highest BCUT2D eigenvalue weighted by Gasteiger charge is 2.33. The van der Waals surface area contributed by atoms with Crippen LogP contribution in [0.25, 0.3) is 6.08 Å². The minimum atomic E-state index is -0.645. The molecule has 2 amide bonds. The Morgan fingerprint density at radius 2 is 1.96 bits per heavy atom. The van der Waals surface area contributed by atoms with Gasteiger partial charge in [-0.2, -0.15) is 5.01 Å².